The third kappa shape index (κ3) is 4.09. The number of benzene rings is 2. The van der Waals surface area contributed by atoms with Gasteiger partial charge in [0, 0.05) is 38.1 Å². The Labute approximate surface area is 171 Å². The number of imidazole rings is 1. The van der Waals surface area contributed by atoms with E-state index in [1.54, 1.807) is 0 Å². The quantitative estimate of drug-likeness (QED) is 0.465. The largest absolute Gasteiger partial charge is 0.378 e. The van der Waals surface area contributed by atoms with Crippen molar-refractivity contribution in [2.45, 2.75) is 26.3 Å². The topological polar surface area (TPSA) is 56.8 Å². The average Bonchev–Trinajstić information content (AvgIpc) is 3.17. The molecular formula is C24H27N5. The molecule has 0 aliphatic rings. The first kappa shape index (κ1) is 19.0. The summed E-state index contributed by atoms with van der Waals surface area (Å²) in [6, 6.07) is 19.0. The molecule has 0 amide bonds. The first-order chi connectivity index (χ1) is 14.0. The van der Waals surface area contributed by atoms with Crippen molar-refractivity contribution >= 4 is 22.5 Å². The number of nitrogens with zero attached hydrogens (tertiary/aromatic N) is 3. The van der Waals surface area contributed by atoms with E-state index in [0.717, 1.165) is 28.2 Å². The number of anilines is 2. The molecule has 0 saturated heterocycles. The summed E-state index contributed by atoms with van der Waals surface area (Å²) in [5.74, 6) is 2.15. The van der Waals surface area contributed by atoms with E-state index in [4.69, 9.17) is 4.98 Å². The lowest BCUT2D eigenvalue weighted by Crippen LogP contribution is -2.08. The fourth-order valence-electron chi connectivity index (χ4n) is 3.34. The minimum Gasteiger partial charge on any atom is -0.378 e. The van der Waals surface area contributed by atoms with E-state index in [2.05, 4.69) is 82.6 Å². The summed E-state index contributed by atoms with van der Waals surface area (Å²) in [7, 11) is 4.09. The summed E-state index contributed by atoms with van der Waals surface area (Å²) in [6.07, 6.45) is 1.81. The van der Waals surface area contributed by atoms with Crippen molar-refractivity contribution in [3.63, 3.8) is 0 Å². The Bertz CT molecular complexity index is 1110. The smallest absolute Gasteiger partial charge is 0.154 e. The van der Waals surface area contributed by atoms with Crippen LogP contribution in [-0.4, -0.2) is 29.0 Å². The van der Waals surface area contributed by atoms with E-state index in [1.165, 1.54) is 16.8 Å². The number of H-pyrrole nitrogens is 1. The molecule has 2 N–H and O–H groups in total. The molecule has 5 nitrogen and oxygen atoms in total. The molecule has 5 heteroatoms. The lowest BCUT2D eigenvalue weighted by atomic mass is 10.0. The van der Waals surface area contributed by atoms with E-state index < -0.39 is 0 Å². The van der Waals surface area contributed by atoms with Crippen LogP contribution in [0, 0.1) is 0 Å². The zero-order chi connectivity index (χ0) is 20.4. The molecule has 0 spiro atoms. The van der Waals surface area contributed by atoms with Gasteiger partial charge in [0.15, 0.2) is 5.82 Å². The average molecular weight is 386 g/mol. The Hall–Kier alpha value is -3.34. The van der Waals surface area contributed by atoms with Gasteiger partial charge in [0.2, 0.25) is 0 Å². The van der Waals surface area contributed by atoms with Crippen molar-refractivity contribution in [1.82, 2.24) is 15.0 Å². The van der Waals surface area contributed by atoms with Crippen LogP contribution in [0.1, 0.15) is 30.9 Å². The molecule has 0 atom stereocenters. The van der Waals surface area contributed by atoms with Gasteiger partial charge in [-0.05, 0) is 41.3 Å². The van der Waals surface area contributed by atoms with Crippen LogP contribution in [0.5, 0.6) is 0 Å². The summed E-state index contributed by atoms with van der Waals surface area (Å²) >= 11 is 0. The van der Waals surface area contributed by atoms with Crippen LogP contribution in [0.3, 0.4) is 0 Å². The third-order valence-corrected chi connectivity index (χ3v) is 5.14. The highest BCUT2D eigenvalue weighted by atomic mass is 15.1. The van der Waals surface area contributed by atoms with Gasteiger partial charge in [-0.25, -0.2) is 9.97 Å². The Morgan fingerprint density at radius 2 is 1.83 bits per heavy atom. The molecule has 0 radical (unpaired) electrons. The van der Waals surface area contributed by atoms with Crippen LogP contribution >= 0.6 is 0 Å². The van der Waals surface area contributed by atoms with Crippen LogP contribution in [0.2, 0.25) is 0 Å². The summed E-state index contributed by atoms with van der Waals surface area (Å²) in [6.45, 7) is 5.11. The Kier molecular flexibility index (Phi) is 5.21. The second-order valence-corrected chi connectivity index (χ2v) is 7.84. The molecule has 0 aliphatic carbocycles. The highest BCUT2D eigenvalue weighted by Gasteiger charge is 2.11. The Balaban J connectivity index is 1.59. The van der Waals surface area contributed by atoms with Gasteiger partial charge in [-0.2, -0.15) is 0 Å². The molecule has 0 aliphatic heterocycles. The highest BCUT2D eigenvalue weighted by Crippen LogP contribution is 2.27. The number of pyridine rings is 1. The van der Waals surface area contributed by atoms with Crippen LogP contribution in [-0.2, 0) is 6.54 Å². The van der Waals surface area contributed by atoms with Crippen LogP contribution < -0.4 is 10.2 Å². The van der Waals surface area contributed by atoms with E-state index in [9.17, 15) is 0 Å². The van der Waals surface area contributed by atoms with E-state index in [1.807, 2.05) is 26.4 Å². The van der Waals surface area contributed by atoms with Crippen LogP contribution in [0.25, 0.3) is 22.4 Å². The third-order valence-electron chi connectivity index (χ3n) is 5.14. The highest BCUT2D eigenvalue weighted by molar-refractivity contribution is 5.88. The fraction of sp³-hybridized carbons (Fsp3) is 0.250. The predicted octanol–water partition coefficient (Wildman–Crippen LogP) is 5.43. The van der Waals surface area contributed by atoms with Crippen molar-refractivity contribution < 1.29 is 0 Å². The molecule has 4 aromatic rings. The molecule has 0 bridgehead atoms. The van der Waals surface area contributed by atoms with Crippen molar-refractivity contribution in [3.8, 4) is 11.4 Å². The molecule has 2 aromatic carbocycles. The SMILES string of the molecule is CC(C)c1cccc(-c2nc3c(NCc4ccc(N(C)C)cc4)nccc3[nH]2)c1. The maximum absolute atomic E-state index is 4.85. The van der Waals surface area contributed by atoms with Crippen LogP contribution in [0.15, 0.2) is 60.8 Å². The van der Waals surface area contributed by atoms with Gasteiger partial charge >= 0.3 is 0 Å². The van der Waals surface area contributed by atoms with E-state index in [-0.39, 0.29) is 0 Å². The molecule has 29 heavy (non-hydrogen) atoms. The van der Waals surface area contributed by atoms with Gasteiger partial charge in [-0.1, -0.05) is 44.2 Å². The normalized spacial score (nSPS) is 11.2. The van der Waals surface area contributed by atoms with Gasteiger partial charge in [0.1, 0.15) is 11.3 Å². The minimum atomic E-state index is 0.483. The molecular weight excluding hydrogens is 358 g/mol. The second kappa shape index (κ2) is 7.95. The summed E-state index contributed by atoms with van der Waals surface area (Å²) in [4.78, 5) is 14.9. The number of aromatic amines is 1. The van der Waals surface area contributed by atoms with Crippen molar-refractivity contribution in [3.05, 3.63) is 71.9 Å². The van der Waals surface area contributed by atoms with Crippen molar-refractivity contribution in [2.24, 2.45) is 0 Å². The van der Waals surface area contributed by atoms with Gasteiger partial charge in [-0.15, -0.1) is 0 Å². The minimum absolute atomic E-state index is 0.483. The molecule has 0 fully saturated rings. The lowest BCUT2D eigenvalue weighted by molar-refractivity contribution is 0.867. The molecule has 148 valence electrons. The second-order valence-electron chi connectivity index (χ2n) is 7.84. The number of hydrogen-bond donors (Lipinski definition) is 2. The molecule has 2 heterocycles. The first-order valence-corrected chi connectivity index (χ1v) is 9.96. The lowest BCUT2D eigenvalue weighted by Gasteiger charge is -2.13. The number of aromatic nitrogens is 3. The molecule has 0 unspecified atom stereocenters. The van der Waals surface area contributed by atoms with Crippen molar-refractivity contribution in [1.29, 1.82) is 0 Å². The number of rotatable bonds is 6. The van der Waals surface area contributed by atoms with Gasteiger partial charge in [-0.3, -0.25) is 0 Å². The summed E-state index contributed by atoms with van der Waals surface area (Å²) < 4.78 is 0. The maximum Gasteiger partial charge on any atom is 0.154 e. The Morgan fingerprint density at radius 3 is 2.55 bits per heavy atom. The number of nitrogens with one attached hydrogen (secondary N) is 2. The van der Waals surface area contributed by atoms with E-state index >= 15 is 0 Å². The fourth-order valence-corrected chi connectivity index (χ4v) is 3.34. The summed E-state index contributed by atoms with van der Waals surface area (Å²) in [5.41, 5.74) is 6.64. The number of hydrogen-bond acceptors (Lipinski definition) is 4. The van der Waals surface area contributed by atoms with Crippen molar-refractivity contribution in [2.75, 3.05) is 24.3 Å². The molecule has 0 saturated carbocycles. The maximum atomic E-state index is 4.85. The van der Waals surface area contributed by atoms with Crippen LogP contribution in [0.4, 0.5) is 11.5 Å². The zero-order valence-corrected chi connectivity index (χ0v) is 17.4. The number of fused-ring (bicyclic) bond motifs is 1. The zero-order valence-electron chi connectivity index (χ0n) is 17.4. The standard InChI is InChI=1S/C24H27N5/c1-16(2)18-6-5-7-19(14-18)23-27-21-12-13-25-24(22(21)28-23)26-15-17-8-10-20(11-9-17)29(3)4/h5-14,16H,15H2,1-4H3,(H,25,26)(H,27,28). The monoisotopic (exact) mass is 385 g/mol. The molecule has 2 aromatic heterocycles. The first-order valence-electron chi connectivity index (χ1n) is 9.96. The predicted molar refractivity (Wildman–Crippen MR) is 122 cm³/mol. The summed E-state index contributed by atoms with van der Waals surface area (Å²) in [5, 5.41) is 3.44. The Morgan fingerprint density at radius 1 is 1.03 bits per heavy atom. The van der Waals surface area contributed by atoms with Gasteiger partial charge < -0.3 is 15.2 Å². The van der Waals surface area contributed by atoms with Gasteiger partial charge in [0.25, 0.3) is 0 Å². The van der Waals surface area contributed by atoms with E-state index in [0.29, 0.717) is 12.5 Å². The molecule has 4 rings (SSSR count). The van der Waals surface area contributed by atoms with Gasteiger partial charge in [0.05, 0.1) is 5.52 Å².